The Balaban J connectivity index is 1.62. The zero-order valence-electron chi connectivity index (χ0n) is 16.2. The Bertz CT molecular complexity index is 1050. The first-order chi connectivity index (χ1) is 14.1. The van der Waals surface area contributed by atoms with E-state index >= 15 is 0 Å². The number of fused-ring (bicyclic) bond motifs is 1. The van der Waals surface area contributed by atoms with Gasteiger partial charge in [-0.2, -0.15) is 5.10 Å². The summed E-state index contributed by atoms with van der Waals surface area (Å²) in [7, 11) is 0. The highest BCUT2D eigenvalue weighted by molar-refractivity contribution is 9.10. The molecule has 0 aliphatic carbocycles. The van der Waals surface area contributed by atoms with Crippen molar-refractivity contribution in [1.82, 2.24) is 15.1 Å². The van der Waals surface area contributed by atoms with Crippen molar-refractivity contribution >= 4 is 21.8 Å². The molecule has 2 unspecified atom stereocenters. The van der Waals surface area contributed by atoms with Crippen LogP contribution in [0.3, 0.4) is 0 Å². The third-order valence-electron chi connectivity index (χ3n) is 5.78. The van der Waals surface area contributed by atoms with Gasteiger partial charge in [0.25, 0.3) is 5.91 Å². The number of hydrogen-bond donors (Lipinski definition) is 1. The number of H-pyrrole nitrogens is 1. The Morgan fingerprint density at radius 3 is 2.79 bits per heavy atom. The number of aromatic amines is 1. The van der Waals surface area contributed by atoms with Crippen molar-refractivity contribution in [2.24, 2.45) is 0 Å². The number of ether oxygens (including phenoxy) is 1. The topological polar surface area (TPSA) is 58.2 Å². The number of amides is 1. The van der Waals surface area contributed by atoms with Gasteiger partial charge in [-0.3, -0.25) is 9.89 Å². The molecular weight excluding hydrogens is 430 g/mol. The SMILES string of the molecule is Cc1ccc(-c2n[nH]c3c2C(c2cccc(Br)c2)N(CC2CCCO2)C3=O)cc1. The average molecular weight is 452 g/mol. The highest BCUT2D eigenvalue weighted by Crippen LogP contribution is 2.43. The molecule has 5 nitrogen and oxygen atoms in total. The van der Waals surface area contributed by atoms with Crippen LogP contribution in [-0.2, 0) is 4.74 Å². The summed E-state index contributed by atoms with van der Waals surface area (Å²) in [6, 6.07) is 16.3. The molecule has 29 heavy (non-hydrogen) atoms. The van der Waals surface area contributed by atoms with E-state index in [1.54, 1.807) is 0 Å². The number of nitrogens with zero attached hydrogens (tertiary/aromatic N) is 2. The Morgan fingerprint density at radius 2 is 2.07 bits per heavy atom. The van der Waals surface area contributed by atoms with Crippen molar-refractivity contribution in [2.45, 2.75) is 31.9 Å². The standard InChI is InChI=1S/C23H22BrN3O2/c1-14-7-9-15(10-8-14)20-19-21(26-25-20)23(28)27(13-18-6-3-11-29-18)22(19)16-4-2-5-17(24)12-16/h2,4-5,7-10,12,18,22H,3,6,11,13H2,1H3,(H,25,26). The minimum atomic E-state index is -0.186. The molecule has 1 amide bonds. The van der Waals surface area contributed by atoms with E-state index in [0.29, 0.717) is 12.2 Å². The number of nitrogens with one attached hydrogen (secondary N) is 1. The molecule has 148 valence electrons. The minimum Gasteiger partial charge on any atom is -0.376 e. The van der Waals surface area contributed by atoms with Crippen LogP contribution >= 0.6 is 15.9 Å². The van der Waals surface area contributed by atoms with E-state index in [1.165, 1.54) is 5.56 Å². The van der Waals surface area contributed by atoms with Crippen LogP contribution < -0.4 is 0 Å². The summed E-state index contributed by atoms with van der Waals surface area (Å²) < 4.78 is 6.84. The van der Waals surface area contributed by atoms with E-state index in [1.807, 2.05) is 17.0 Å². The fraction of sp³-hybridized carbons (Fsp3) is 0.304. The van der Waals surface area contributed by atoms with Crippen LogP contribution in [0.25, 0.3) is 11.3 Å². The highest BCUT2D eigenvalue weighted by Gasteiger charge is 2.43. The summed E-state index contributed by atoms with van der Waals surface area (Å²) in [6.07, 6.45) is 2.13. The average Bonchev–Trinajstić information content (AvgIpc) is 3.43. The monoisotopic (exact) mass is 451 g/mol. The highest BCUT2D eigenvalue weighted by atomic mass is 79.9. The Kier molecular flexibility index (Phi) is 4.76. The summed E-state index contributed by atoms with van der Waals surface area (Å²) in [5, 5.41) is 7.56. The van der Waals surface area contributed by atoms with Gasteiger partial charge in [-0.25, -0.2) is 0 Å². The zero-order chi connectivity index (χ0) is 20.0. The molecule has 6 heteroatoms. The molecule has 0 spiro atoms. The molecule has 0 radical (unpaired) electrons. The number of halogens is 1. The van der Waals surface area contributed by atoms with E-state index in [4.69, 9.17) is 4.74 Å². The van der Waals surface area contributed by atoms with Gasteiger partial charge < -0.3 is 9.64 Å². The molecule has 1 fully saturated rings. The van der Waals surface area contributed by atoms with Crippen molar-refractivity contribution in [3.05, 3.63) is 75.4 Å². The van der Waals surface area contributed by atoms with Crippen molar-refractivity contribution in [3.8, 4) is 11.3 Å². The van der Waals surface area contributed by atoms with E-state index in [0.717, 1.165) is 46.3 Å². The fourth-order valence-electron chi connectivity index (χ4n) is 4.35. The predicted molar refractivity (Wildman–Crippen MR) is 115 cm³/mol. The van der Waals surface area contributed by atoms with Crippen LogP contribution in [0.2, 0.25) is 0 Å². The van der Waals surface area contributed by atoms with Crippen LogP contribution in [0.4, 0.5) is 0 Å². The van der Waals surface area contributed by atoms with Crippen molar-refractivity contribution in [3.63, 3.8) is 0 Å². The van der Waals surface area contributed by atoms with E-state index in [9.17, 15) is 4.79 Å². The van der Waals surface area contributed by atoms with Crippen LogP contribution in [0.5, 0.6) is 0 Å². The molecule has 0 saturated carbocycles. The van der Waals surface area contributed by atoms with Gasteiger partial charge >= 0.3 is 0 Å². The normalized spacial score (nSPS) is 21.0. The molecule has 2 aromatic carbocycles. The largest absolute Gasteiger partial charge is 0.376 e. The van der Waals surface area contributed by atoms with Crippen LogP contribution in [0, 0.1) is 6.92 Å². The first-order valence-electron chi connectivity index (χ1n) is 9.95. The van der Waals surface area contributed by atoms with E-state index in [2.05, 4.69) is 69.4 Å². The summed E-state index contributed by atoms with van der Waals surface area (Å²) in [5.74, 6) is -0.00802. The smallest absolute Gasteiger partial charge is 0.273 e. The second kappa shape index (κ2) is 7.43. The lowest BCUT2D eigenvalue weighted by Gasteiger charge is -2.28. The molecule has 1 aromatic heterocycles. The summed E-state index contributed by atoms with van der Waals surface area (Å²) in [5.41, 5.74) is 5.66. The number of aromatic nitrogens is 2. The Labute approximate surface area is 178 Å². The van der Waals surface area contributed by atoms with Crippen LogP contribution in [-0.4, -0.2) is 40.3 Å². The number of benzene rings is 2. The lowest BCUT2D eigenvalue weighted by Crippen LogP contribution is -2.36. The number of carbonyl (C=O) groups is 1. The second-order valence-corrected chi connectivity index (χ2v) is 8.69. The van der Waals surface area contributed by atoms with Gasteiger partial charge in [0.15, 0.2) is 0 Å². The molecule has 5 rings (SSSR count). The van der Waals surface area contributed by atoms with E-state index < -0.39 is 0 Å². The Morgan fingerprint density at radius 1 is 1.24 bits per heavy atom. The maximum atomic E-state index is 13.3. The minimum absolute atomic E-state index is 0.00802. The number of rotatable bonds is 4. The first-order valence-corrected chi connectivity index (χ1v) is 10.7. The number of carbonyl (C=O) groups excluding carboxylic acids is 1. The van der Waals surface area contributed by atoms with E-state index in [-0.39, 0.29) is 18.1 Å². The molecule has 1 saturated heterocycles. The van der Waals surface area contributed by atoms with Gasteiger partial charge in [-0.1, -0.05) is 57.9 Å². The molecular formula is C23H22BrN3O2. The number of aryl methyl sites for hydroxylation is 1. The van der Waals surface area contributed by atoms with Gasteiger partial charge in [-0.15, -0.1) is 0 Å². The third kappa shape index (κ3) is 3.30. The van der Waals surface area contributed by atoms with Gasteiger partial charge in [-0.05, 0) is 37.5 Å². The third-order valence-corrected chi connectivity index (χ3v) is 6.27. The first kappa shape index (κ1) is 18.6. The van der Waals surface area contributed by atoms with Gasteiger partial charge in [0.1, 0.15) is 5.69 Å². The van der Waals surface area contributed by atoms with Gasteiger partial charge in [0.2, 0.25) is 0 Å². The van der Waals surface area contributed by atoms with Gasteiger partial charge in [0.05, 0.1) is 17.8 Å². The molecule has 2 aliphatic rings. The maximum absolute atomic E-state index is 13.3. The molecule has 3 aromatic rings. The van der Waals surface area contributed by atoms with Crippen molar-refractivity contribution < 1.29 is 9.53 Å². The molecule has 0 bridgehead atoms. The Hall–Kier alpha value is -2.44. The second-order valence-electron chi connectivity index (χ2n) is 7.78. The summed E-state index contributed by atoms with van der Waals surface area (Å²) in [6.45, 7) is 3.43. The number of hydrogen-bond acceptors (Lipinski definition) is 3. The van der Waals surface area contributed by atoms with Crippen LogP contribution in [0.15, 0.2) is 53.0 Å². The summed E-state index contributed by atoms with van der Waals surface area (Å²) in [4.78, 5) is 15.3. The van der Waals surface area contributed by atoms with Crippen LogP contribution in [0.1, 0.15) is 46.1 Å². The van der Waals surface area contributed by atoms with Crippen molar-refractivity contribution in [1.29, 1.82) is 0 Å². The van der Waals surface area contributed by atoms with Crippen molar-refractivity contribution in [2.75, 3.05) is 13.2 Å². The zero-order valence-corrected chi connectivity index (χ0v) is 17.8. The molecule has 1 N–H and O–H groups in total. The van der Waals surface area contributed by atoms with Gasteiger partial charge in [0, 0.05) is 28.8 Å². The lowest BCUT2D eigenvalue weighted by molar-refractivity contribution is 0.0495. The predicted octanol–water partition coefficient (Wildman–Crippen LogP) is 4.87. The quantitative estimate of drug-likeness (QED) is 0.615. The maximum Gasteiger partial charge on any atom is 0.273 e. The molecule has 3 heterocycles. The molecule has 2 atom stereocenters. The summed E-state index contributed by atoms with van der Waals surface area (Å²) >= 11 is 3.58. The fourth-order valence-corrected chi connectivity index (χ4v) is 4.76. The lowest BCUT2D eigenvalue weighted by atomic mass is 9.95. The molecule has 2 aliphatic heterocycles.